The predicted octanol–water partition coefficient (Wildman–Crippen LogP) is 4.29. The summed E-state index contributed by atoms with van der Waals surface area (Å²) in [5.41, 5.74) is 1.19. The molecule has 0 radical (unpaired) electrons. The lowest BCUT2D eigenvalue weighted by Crippen LogP contribution is -2.12. The minimum Gasteiger partial charge on any atom is -0.321 e. The van der Waals surface area contributed by atoms with Crippen LogP contribution in [-0.4, -0.2) is 5.91 Å². The molecule has 0 fully saturated rings. The van der Waals surface area contributed by atoms with Crippen LogP contribution in [0, 0.1) is 13.0 Å². The van der Waals surface area contributed by atoms with Crippen molar-refractivity contribution in [3.8, 4) is 0 Å². The number of hydrogen-bond donors (Lipinski definition) is 1. The first-order valence-corrected chi connectivity index (χ1v) is 7.24. The molecule has 0 bridgehead atoms. The molecule has 1 amide bonds. The Morgan fingerprint density at radius 1 is 1.06 bits per heavy atom. The number of benzene rings is 2. The largest absolute Gasteiger partial charge is 0.321 e. The van der Waals surface area contributed by atoms with Crippen LogP contribution in [0.5, 0.6) is 0 Å². The molecule has 0 aliphatic rings. The summed E-state index contributed by atoms with van der Waals surface area (Å²) in [7, 11) is 0. The summed E-state index contributed by atoms with van der Waals surface area (Å²) in [5, 5.41) is 2.76. The molecular formula is C13H8FI2NO. The summed E-state index contributed by atoms with van der Waals surface area (Å²) >= 11 is 4.17. The normalized spacial score (nSPS) is 10.2. The molecule has 0 saturated heterocycles. The second kappa shape index (κ2) is 5.96. The van der Waals surface area contributed by atoms with Gasteiger partial charge >= 0.3 is 0 Å². The summed E-state index contributed by atoms with van der Waals surface area (Å²) < 4.78 is 14.7. The van der Waals surface area contributed by atoms with Crippen LogP contribution in [0.15, 0.2) is 42.5 Å². The molecule has 0 unspecified atom stereocenters. The van der Waals surface area contributed by atoms with E-state index in [0.717, 1.165) is 3.57 Å². The molecule has 0 spiro atoms. The van der Waals surface area contributed by atoms with Gasteiger partial charge in [0.05, 0.1) is 5.69 Å². The van der Waals surface area contributed by atoms with E-state index in [2.05, 4.69) is 27.9 Å². The highest BCUT2D eigenvalue weighted by molar-refractivity contribution is 14.1. The molecule has 2 nitrogen and oxygen atoms in total. The average molecular weight is 467 g/mol. The monoisotopic (exact) mass is 467 g/mol. The third-order valence-electron chi connectivity index (χ3n) is 2.29. The van der Waals surface area contributed by atoms with Gasteiger partial charge < -0.3 is 5.32 Å². The Balaban J connectivity index is 2.18. The van der Waals surface area contributed by atoms with Crippen LogP contribution in [0.4, 0.5) is 10.1 Å². The number of halogens is 3. The minimum atomic E-state index is -0.313. The molecule has 0 aliphatic heterocycles. The van der Waals surface area contributed by atoms with Crippen molar-refractivity contribution in [2.75, 3.05) is 5.32 Å². The Morgan fingerprint density at radius 2 is 1.72 bits per heavy atom. The number of rotatable bonds is 2. The van der Waals surface area contributed by atoms with Gasteiger partial charge in [0.25, 0.3) is 5.91 Å². The van der Waals surface area contributed by atoms with Gasteiger partial charge in [0.2, 0.25) is 0 Å². The molecule has 0 saturated carbocycles. The maximum absolute atomic E-state index is 12.9. The van der Waals surface area contributed by atoms with E-state index in [1.807, 2.05) is 34.7 Å². The number of carbonyl (C=O) groups is 1. The maximum atomic E-state index is 12.9. The molecule has 1 N–H and O–H groups in total. The molecule has 0 atom stereocenters. The number of carbonyl (C=O) groups excluding carboxylic acids is 1. The zero-order chi connectivity index (χ0) is 13.1. The minimum absolute atomic E-state index is 0.198. The lowest BCUT2D eigenvalue weighted by Gasteiger charge is -2.07. The zero-order valence-electron chi connectivity index (χ0n) is 9.08. The molecule has 2 aromatic rings. The van der Waals surface area contributed by atoms with Crippen molar-refractivity contribution in [2.24, 2.45) is 0 Å². The fourth-order valence-electron chi connectivity index (χ4n) is 1.39. The summed E-state index contributed by atoms with van der Waals surface area (Å²) in [6.07, 6.45) is 0. The lowest BCUT2D eigenvalue weighted by molar-refractivity contribution is 0.102. The first kappa shape index (κ1) is 13.7. The fourth-order valence-corrected chi connectivity index (χ4v) is 2.36. The summed E-state index contributed by atoms with van der Waals surface area (Å²) in [6.45, 7) is 0. The Hall–Kier alpha value is -0.700. The molecule has 2 aromatic carbocycles. The molecule has 0 heterocycles. The van der Waals surface area contributed by atoms with Crippen LogP contribution < -0.4 is 5.32 Å². The second-order valence-corrected chi connectivity index (χ2v) is 5.99. The van der Waals surface area contributed by atoms with E-state index in [0.29, 0.717) is 14.8 Å². The molecule has 18 heavy (non-hydrogen) atoms. The van der Waals surface area contributed by atoms with Crippen molar-refractivity contribution in [1.82, 2.24) is 0 Å². The van der Waals surface area contributed by atoms with E-state index in [4.69, 9.17) is 0 Å². The molecule has 92 valence electrons. The lowest BCUT2D eigenvalue weighted by atomic mass is 10.2. The molecule has 0 aromatic heterocycles. The van der Waals surface area contributed by atoms with E-state index in [1.165, 1.54) is 12.1 Å². The number of anilines is 1. The van der Waals surface area contributed by atoms with Gasteiger partial charge in [-0.1, -0.05) is 0 Å². The highest BCUT2D eigenvalue weighted by atomic mass is 127. The van der Waals surface area contributed by atoms with Crippen LogP contribution in [0.25, 0.3) is 0 Å². The predicted molar refractivity (Wildman–Crippen MR) is 86.2 cm³/mol. The molecule has 0 aliphatic carbocycles. The highest BCUT2D eigenvalue weighted by Crippen LogP contribution is 2.20. The van der Waals surface area contributed by atoms with E-state index >= 15 is 0 Å². The quantitative estimate of drug-likeness (QED) is 0.657. The van der Waals surface area contributed by atoms with Crippen molar-refractivity contribution in [1.29, 1.82) is 0 Å². The van der Waals surface area contributed by atoms with Crippen LogP contribution in [0.3, 0.4) is 0 Å². The Morgan fingerprint density at radius 3 is 2.33 bits per heavy atom. The Kier molecular flexibility index (Phi) is 4.55. The van der Waals surface area contributed by atoms with Crippen LogP contribution in [-0.2, 0) is 0 Å². The van der Waals surface area contributed by atoms with E-state index in [-0.39, 0.29) is 11.7 Å². The zero-order valence-corrected chi connectivity index (χ0v) is 13.4. The van der Waals surface area contributed by atoms with Gasteiger partial charge in [0, 0.05) is 12.7 Å². The fraction of sp³-hybridized carbons (Fsp3) is 0. The van der Waals surface area contributed by atoms with Crippen LogP contribution in [0.2, 0.25) is 0 Å². The number of amides is 1. The van der Waals surface area contributed by atoms with E-state index in [1.54, 1.807) is 18.2 Å². The topological polar surface area (TPSA) is 29.1 Å². The van der Waals surface area contributed by atoms with Crippen molar-refractivity contribution in [2.45, 2.75) is 0 Å². The van der Waals surface area contributed by atoms with Crippen LogP contribution >= 0.6 is 45.2 Å². The third-order valence-corrected chi connectivity index (χ3v) is 3.90. The van der Waals surface area contributed by atoms with Gasteiger partial charge in [-0.05, 0) is 87.6 Å². The van der Waals surface area contributed by atoms with Crippen molar-refractivity contribution in [3.05, 3.63) is 61.0 Å². The van der Waals surface area contributed by atoms with Gasteiger partial charge in [-0.3, -0.25) is 4.79 Å². The Bertz CT molecular complexity index is 584. The number of nitrogens with one attached hydrogen (secondary N) is 1. The standard InChI is InChI=1S/C13H8FI2NO/c14-9-3-6-12(11(16)7-9)17-13(18)8-1-4-10(15)5-2-8/h1-7H,(H,17,18). The van der Waals surface area contributed by atoms with Gasteiger partial charge in [0.1, 0.15) is 5.82 Å². The highest BCUT2D eigenvalue weighted by Gasteiger charge is 2.08. The summed E-state index contributed by atoms with van der Waals surface area (Å²) in [5.74, 6) is -0.511. The average Bonchev–Trinajstić information content (AvgIpc) is 2.33. The van der Waals surface area contributed by atoms with Crippen molar-refractivity contribution < 1.29 is 9.18 Å². The first-order valence-electron chi connectivity index (χ1n) is 5.08. The van der Waals surface area contributed by atoms with Gasteiger partial charge in [0.15, 0.2) is 0 Å². The first-order chi connectivity index (χ1) is 8.56. The van der Waals surface area contributed by atoms with Gasteiger partial charge in [-0.15, -0.1) is 0 Å². The Labute approximate surface area is 131 Å². The molecular weight excluding hydrogens is 459 g/mol. The number of hydrogen-bond acceptors (Lipinski definition) is 1. The SMILES string of the molecule is O=C(Nc1ccc(F)cc1I)c1ccc(I)cc1. The van der Waals surface area contributed by atoms with Crippen molar-refractivity contribution in [3.63, 3.8) is 0 Å². The van der Waals surface area contributed by atoms with Crippen molar-refractivity contribution >= 4 is 56.8 Å². The van der Waals surface area contributed by atoms with Gasteiger partial charge in [-0.2, -0.15) is 0 Å². The smallest absolute Gasteiger partial charge is 0.255 e. The molecule has 2 rings (SSSR count). The second-order valence-electron chi connectivity index (χ2n) is 3.59. The van der Waals surface area contributed by atoms with Gasteiger partial charge in [-0.25, -0.2) is 4.39 Å². The third kappa shape index (κ3) is 3.41. The van der Waals surface area contributed by atoms with Crippen LogP contribution in [0.1, 0.15) is 10.4 Å². The van der Waals surface area contributed by atoms with E-state index in [9.17, 15) is 9.18 Å². The van der Waals surface area contributed by atoms with E-state index < -0.39 is 0 Å². The maximum Gasteiger partial charge on any atom is 0.255 e. The molecule has 5 heteroatoms. The summed E-state index contributed by atoms with van der Waals surface area (Å²) in [4.78, 5) is 12.0. The summed E-state index contributed by atoms with van der Waals surface area (Å²) in [6, 6.07) is 11.5.